The third-order valence-electron chi connectivity index (χ3n) is 10.5. The van der Waals surface area contributed by atoms with Crippen LogP contribution in [0, 0.1) is 10.8 Å². The first-order valence-electron chi connectivity index (χ1n) is 20.7. The average molecular weight is 708 g/mol. The number of carbonyl (C=O) groups is 2. The van der Waals surface area contributed by atoms with Crippen molar-refractivity contribution in [3.63, 3.8) is 0 Å². The highest BCUT2D eigenvalue weighted by Gasteiger charge is 2.48. The van der Waals surface area contributed by atoms with E-state index in [1.807, 2.05) is 7.11 Å². The molecule has 1 heterocycles. The van der Waals surface area contributed by atoms with Crippen molar-refractivity contribution in [3.05, 3.63) is 0 Å². The molecular formula is C43H81NO6. The lowest BCUT2D eigenvalue weighted by atomic mass is 9.80. The fraction of sp³-hybridized carbons (Fsp3) is 0.953. The maximum absolute atomic E-state index is 12.7. The summed E-state index contributed by atoms with van der Waals surface area (Å²) in [4.78, 5) is 31.8. The van der Waals surface area contributed by atoms with Gasteiger partial charge in [-0.2, -0.15) is 5.06 Å². The topological polar surface area (TPSA) is 74.3 Å². The Hall–Kier alpha value is -1.18. The lowest BCUT2D eigenvalue weighted by Gasteiger charge is -2.54. The van der Waals surface area contributed by atoms with Crippen LogP contribution < -0.4 is 0 Å². The number of hydrogen-bond donors (Lipinski definition) is 0. The van der Waals surface area contributed by atoms with E-state index in [0.717, 1.165) is 77.0 Å². The van der Waals surface area contributed by atoms with Crippen molar-refractivity contribution in [2.45, 2.75) is 246 Å². The Morgan fingerprint density at radius 1 is 0.620 bits per heavy atom. The van der Waals surface area contributed by atoms with E-state index in [1.165, 1.54) is 51.4 Å². The first-order chi connectivity index (χ1) is 23.3. The molecule has 0 amide bonds. The van der Waals surface area contributed by atoms with Crippen molar-refractivity contribution in [1.82, 2.24) is 5.06 Å². The van der Waals surface area contributed by atoms with E-state index in [0.29, 0.717) is 25.0 Å². The maximum Gasteiger partial charge on any atom is 0.306 e. The summed E-state index contributed by atoms with van der Waals surface area (Å²) in [6.45, 7) is 22.1. The van der Waals surface area contributed by atoms with Crippen LogP contribution in [0.4, 0.5) is 0 Å². The number of nitrogens with zero attached hydrogens (tertiary/aromatic N) is 1. The lowest BCUT2D eigenvalue weighted by Crippen LogP contribution is -2.63. The summed E-state index contributed by atoms with van der Waals surface area (Å²) in [5.41, 5.74) is -0.0969. The molecule has 0 N–H and O–H groups in total. The molecule has 0 spiro atoms. The van der Waals surface area contributed by atoms with E-state index in [9.17, 15) is 9.59 Å². The predicted octanol–water partition coefficient (Wildman–Crippen LogP) is 11.7. The number of unbranched alkanes of at least 4 members (excludes halogenated alkanes) is 5. The van der Waals surface area contributed by atoms with Gasteiger partial charge in [-0.15, -0.1) is 0 Å². The predicted molar refractivity (Wildman–Crippen MR) is 206 cm³/mol. The molecule has 0 atom stereocenters. The Morgan fingerprint density at radius 2 is 1.04 bits per heavy atom. The maximum atomic E-state index is 12.7. The molecule has 0 aromatic heterocycles. The molecule has 7 nitrogen and oxygen atoms in total. The van der Waals surface area contributed by atoms with Gasteiger partial charge in [0.1, 0.15) is 12.2 Å². The molecule has 0 aromatic rings. The Bertz CT molecular complexity index is 917. The number of methoxy groups -OCH3 is 1. The van der Waals surface area contributed by atoms with Crippen molar-refractivity contribution >= 4 is 11.9 Å². The molecule has 50 heavy (non-hydrogen) atoms. The molecule has 0 bridgehead atoms. The van der Waals surface area contributed by atoms with Crippen LogP contribution in [0.5, 0.6) is 0 Å². The smallest absolute Gasteiger partial charge is 0.306 e. The van der Waals surface area contributed by atoms with Gasteiger partial charge in [0, 0.05) is 43.9 Å². The fourth-order valence-electron chi connectivity index (χ4n) is 8.42. The Labute approximate surface area is 309 Å². The lowest BCUT2D eigenvalue weighted by molar-refractivity contribution is -0.318. The number of esters is 2. The van der Waals surface area contributed by atoms with E-state index in [-0.39, 0.29) is 46.1 Å². The Morgan fingerprint density at radius 3 is 1.46 bits per heavy atom. The highest BCUT2D eigenvalue weighted by molar-refractivity contribution is 5.69. The van der Waals surface area contributed by atoms with Gasteiger partial charge in [0.25, 0.3) is 0 Å². The van der Waals surface area contributed by atoms with Gasteiger partial charge in [-0.25, -0.2) is 0 Å². The van der Waals surface area contributed by atoms with Gasteiger partial charge >= 0.3 is 11.9 Å². The number of ether oxygens (including phenoxy) is 3. The minimum atomic E-state index is -0.184. The molecule has 3 fully saturated rings. The second kappa shape index (κ2) is 21.5. The van der Waals surface area contributed by atoms with E-state index in [1.54, 1.807) is 0 Å². The Balaban J connectivity index is 0.000000946. The number of carbonyl (C=O) groups excluding carboxylic acids is 2. The van der Waals surface area contributed by atoms with Crippen LogP contribution in [0.3, 0.4) is 0 Å². The molecular weight excluding hydrogens is 626 g/mol. The van der Waals surface area contributed by atoms with Crippen LogP contribution in [-0.4, -0.2) is 59.6 Å². The SMILES string of the molecule is CC(C)(C)CC(CC(C)(C)C)OC(=O)CCCCCCCCC(=O)OC1CC(C)(C)N(OC2CCCCC2)C(C)(C)C1.COC1CCCCC1. The second-order valence-electron chi connectivity index (χ2n) is 19.6. The van der Waals surface area contributed by atoms with Crippen molar-refractivity contribution < 1.29 is 28.6 Å². The summed E-state index contributed by atoms with van der Waals surface area (Å²) < 4.78 is 17.1. The molecule has 3 aliphatic rings. The first-order valence-corrected chi connectivity index (χ1v) is 20.7. The zero-order valence-electron chi connectivity index (χ0n) is 34.8. The molecule has 0 radical (unpaired) electrons. The second-order valence-corrected chi connectivity index (χ2v) is 19.6. The third-order valence-corrected chi connectivity index (χ3v) is 10.5. The molecule has 294 valence electrons. The van der Waals surface area contributed by atoms with E-state index < -0.39 is 0 Å². The van der Waals surface area contributed by atoms with E-state index >= 15 is 0 Å². The molecule has 3 rings (SSSR count). The fourth-order valence-corrected chi connectivity index (χ4v) is 8.42. The monoisotopic (exact) mass is 708 g/mol. The quantitative estimate of drug-likeness (QED) is 0.117. The number of hydrogen-bond acceptors (Lipinski definition) is 7. The summed E-state index contributed by atoms with van der Waals surface area (Å²) in [5.74, 6) is -0.134. The van der Waals surface area contributed by atoms with E-state index in [4.69, 9.17) is 19.0 Å². The van der Waals surface area contributed by atoms with Crippen LogP contribution in [0.15, 0.2) is 0 Å². The number of rotatable bonds is 16. The largest absolute Gasteiger partial charge is 0.462 e. The zero-order chi connectivity index (χ0) is 37.4. The van der Waals surface area contributed by atoms with Crippen LogP contribution in [-0.2, 0) is 28.6 Å². The van der Waals surface area contributed by atoms with Gasteiger partial charge in [-0.3, -0.25) is 14.4 Å². The van der Waals surface area contributed by atoms with Crippen molar-refractivity contribution in [2.75, 3.05) is 7.11 Å². The summed E-state index contributed by atoms with van der Waals surface area (Å²) in [6.07, 6.45) is 23.9. The van der Waals surface area contributed by atoms with Gasteiger partial charge in [0.05, 0.1) is 12.2 Å². The van der Waals surface area contributed by atoms with Gasteiger partial charge < -0.3 is 14.2 Å². The standard InChI is InChI=1S/C36H67NO5.C7H14O/c1-33(2,3)24-29(25-34(4,5)6)40-31(38)22-18-13-11-12-14-19-23-32(39)41-30-26-35(7,8)37(36(9,10)27-30)42-28-20-16-15-17-21-28;1-8-7-5-3-2-4-6-7/h28-30H,11-27H2,1-10H3;7H,2-6H2,1H3. The zero-order valence-corrected chi connectivity index (χ0v) is 34.8. The van der Waals surface area contributed by atoms with E-state index in [2.05, 4.69) is 74.3 Å². The van der Waals surface area contributed by atoms with Crippen molar-refractivity contribution in [3.8, 4) is 0 Å². The normalized spacial score (nSPS) is 21.0. The number of hydroxylamine groups is 2. The molecule has 2 aliphatic carbocycles. The molecule has 1 aliphatic heterocycles. The summed E-state index contributed by atoms with van der Waals surface area (Å²) in [5, 5.41) is 2.22. The van der Waals surface area contributed by atoms with Crippen LogP contribution in [0.1, 0.15) is 210 Å². The Kier molecular flexibility index (Phi) is 19.3. The van der Waals surface area contributed by atoms with Gasteiger partial charge in [-0.1, -0.05) is 106 Å². The minimum Gasteiger partial charge on any atom is -0.462 e. The first kappa shape index (κ1) is 45.0. The van der Waals surface area contributed by atoms with Crippen LogP contribution in [0.25, 0.3) is 0 Å². The molecule has 7 heteroatoms. The summed E-state index contributed by atoms with van der Waals surface area (Å²) in [6, 6.07) is 0. The highest BCUT2D eigenvalue weighted by atomic mass is 16.7. The molecule has 2 saturated carbocycles. The third kappa shape index (κ3) is 19.1. The van der Waals surface area contributed by atoms with Crippen LogP contribution in [0.2, 0.25) is 0 Å². The van der Waals surface area contributed by atoms with Crippen molar-refractivity contribution in [2.24, 2.45) is 10.8 Å². The highest BCUT2D eigenvalue weighted by Crippen LogP contribution is 2.41. The van der Waals surface area contributed by atoms with Crippen LogP contribution >= 0.6 is 0 Å². The van der Waals surface area contributed by atoms with Gasteiger partial charge in [0.15, 0.2) is 0 Å². The van der Waals surface area contributed by atoms with Crippen molar-refractivity contribution in [1.29, 1.82) is 0 Å². The summed E-state index contributed by atoms with van der Waals surface area (Å²) in [7, 11) is 1.82. The number of piperidine rings is 1. The molecule has 1 saturated heterocycles. The minimum absolute atomic E-state index is 0.0168. The van der Waals surface area contributed by atoms with Gasteiger partial charge in [0.2, 0.25) is 0 Å². The molecule has 0 aromatic carbocycles. The molecule has 0 unspecified atom stereocenters. The van der Waals surface area contributed by atoms with Gasteiger partial charge in [-0.05, 0) is 89.9 Å². The summed E-state index contributed by atoms with van der Waals surface area (Å²) >= 11 is 0. The average Bonchev–Trinajstić information content (AvgIpc) is 2.99.